The second-order valence-electron chi connectivity index (χ2n) is 4.65. The van der Waals surface area contributed by atoms with Crippen LogP contribution in [0, 0.1) is 0 Å². The summed E-state index contributed by atoms with van der Waals surface area (Å²) in [4.78, 5) is 1.04. The molecule has 17 heavy (non-hydrogen) atoms. The summed E-state index contributed by atoms with van der Waals surface area (Å²) in [6, 6.07) is 3.45. The van der Waals surface area contributed by atoms with Crippen LogP contribution < -0.4 is 0 Å². The summed E-state index contributed by atoms with van der Waals surface area (Å²) in [7, 11) is -1.98. The van der Waals surface area contributed by atoms with E-state index in [2.05, 4.69) is 0 Å². The Morgan fingerprint density at radius 3 is 2.41 bits per heavy atom. The van der Waals surface area contributed by atoms with Crippen molar-refractivity contribution in [1.82, 2.24) is 4.31 Å². The van der Waals surface area contributed by atoms with Gasteiger partial charge in [0, 0.05) is 18.5 Å². The molecule has 1 heterocycles. The first-order chi connectivity index (χ1) is 7.66. The molecule has 0 aliphatic carbocycles. The Kier molecular flexibility index (Phi) is 4.35. The fraction of sp³-hybridized carbons (Fsp3) is 0.636. The standard InChI is InChI=1S/C11H19NO3S2/c1-5-9-6-7-10(16-9)17(14,15)12(4)8-11(2,3)13/h6-7,13H,5,8H2,1-4H3. The van der Waals surface area contributed by atoms with Crippen LogP contribution in [-0.2, 0) is 16.4 Å². The van der Waals surface area contributed by atoms with Gasteiger partial charge in [-0.15, -0.1) is 11.3 Å². The van der Waals surface area contributed by atoms with Gasteiger partial charge in [0.2, 0.25) is 0 Å². The van der Waals surface area contributed by atoms with Gasteiger partial charge in [0.1, 0.15) is 4.21 Å². The first kappa shape index (κ1) is 14.6. The van der Waals surface area contributed by atoms with Gasteiger partial charge < -0.3 is 5.11 Å². The van der Waals surface area contributed by atoms with E-state index >= 15 is 0 Å². The zero-order chi connectivity index (χ0) is 13.3. The average Bonchev–Trinajstić information content (AvgIpc) is 2.63. The molecule has 1 aromatic heterocycles. The van der Waals surface area contributed by atoms with E-state index in [4.69, 9.17) is 0 Å². The largest absolute Gasteiger partial charge is 0.389 e. The Hall–Kier alpha value is -0.430. The lowest BCUT2D eigenvalue weighted by atomic mass is 10.1. The van der Waals surface area contributed by atoms with E-state index in [1.54, 1.807) is 19.9 Å². The highest BCUT2D eigenvalue weighted by Crippen LogP contribution is 2.25. The van der Waals surface area contributed by atoms with Crippen molar-refractivity contribution >= 4 is 21.4 Å². The molecule has 0 saturated heterocycles. The highest BCUT2D eigenvalue weighted by molar-refractivity contribution is 7.91. The molecule has 0 spiro atoms. The van der Waals surface area contributed by atoms with Crippen LogP contribution in [0.15, 0.2) is 16.3 Å². The van der Waals surface area contributed by atoms with Gasteiger partial charge in [0.25, 0.3) is 10.0 Å². The lowest BCUT2D eigenvalue weighted by Gasteiger charge is -2.24. The van der Waals surface area contributed by atoms with Gasteiger partial charge in [-0.3, -0.25) is 0 Å². The van der Waals surface area contributed by atoms with Gasteiger partial charge in [-0.05, 0) is 32.4 Å². The van der Waals surface area contributed by atoms with Crippen molar-refractivity contribution in [2.75, 3.05) is 13.6 Å². The topological polar surface area (TPSA) is 57.6 Å². The van der Waals surface area contributed by atoms with Crippen LogP contribution in [0.4, 0.5) is 0 Å². The van der Waals surface area contributed by atoms with Crippen molar-refractivity contribution in [1.29, 1.82) is 0 Å². The van der Waals surface area contributed by atoms with Crippen molar-refractivity contribution in [3.63, 3.8) is 0 Å². The third-order valence-corrected chi connectivity index (χ3v) is 5.76. The molecular formula is C11H19NO3S2. The molecule has 1 aromatic rings. The number of hydrogen-bond acceptors (Lipinski definition) is 4. The number of aryl methyl sites for hydroxylation is 1. The molecule has 0 amide bonds. The molecule has 0 atom stereocenters. The molecule has 0 aliphatic heterocycles. The Morgan fingerprint density at radius 1 is 1.41 bits per heavy atom. The molecule has 6 heteroatoms. The van der Waals surface area contributed by atoms with Crippen LogP contribution in [0.1, 0.15) is 25.6 Å². The predicted octanol–water partition coefficient (Wildman–Crippen LogP) is 1.70. The van der Waals surface area contributed by atoms with Gasteiger partial charge in [-0.1, -0.05) is 6.92 Å². The molecule has 0 aromatic carbocycles. The summed E-state index contributed by atoms with van der Waals surface area (Å²) < 4.78 is 25.9. The zero-order valence-electron chi connectivity index (χ0n) is 10.6. The summed E-state index contributed by atoms with van der Waals surface area (Å²) >= 11 is 1.28. The Balaban J connectivity index is 2.95. The minimum atomic E-state index is -3.47. The van der Waals surface area contributed by atoms with Gasteiger partial charge >= 0.3 is 0 Å². The Bertz CT molecular complexity index is 471. The first-order valence-electron chi connectivity index (χ1n) is 5.44. The highest BCUT2D eigenvalue weighted by atomic mass is 32.2. The zero-order valence-corrected chi connectivity index (χ0v) is 12.2. The molecule has 0 unspecified atom stereocenters. The molecule has 0 fully saturated rings. The highest BCUT2D eigenvalue weighted by Gasteiger charge is 2.27. The van der Waals surface area contributed by atoms with Crippen LogP contribution in [0.3, 0.4) is 0 Å². The maximum Gasteiger partial charge on any atom is 0.252 e. The average molecular weight is 277 g/mol. The number of nitrogens with zero attached hydrogens (tertiary/aromatic N) is 1. The van der Waals surface area contributed by atoms with E-state index in [0.29, 0.717) is 4.21 Å². The third kappa shape index (κ3) is 3.77. The van der Waals surface area contributed by atoms with Crippen molar-refractivity contribution in [3.05, 3.63) is 17.0 Å². The molecule has 0 radical (unpaired) electrons. The number of thiophene rings is 1. The number of sulfonamides is 1. The smallest absolute Gasteiger partial charge is 0.252 e. The summed E-state index contributed by atoms with van der Waals surface area (Å²) in [6.45, 7) is 5.24. The van der Waals surface area contributed by atoms with E-state index in [1.165, 1.54) is 22.7 Å². The quantitative estimate of drug-likeness (QED) is 0.891. The number of aliphatic hydroxyl groups is 1. The minimum absolute atomic E-state index is 0.0781. The van der Waals surface area contributed by atoms with E-state index in [9.17, 15) is 13.5 Å². The van der Waals surface area contributed by atoms with Crippen molar-refractivity contribution < 1.29 is 13.5 Å². The normalized spacial score (nSPS) is 13.3. The second-order valence-corrected chi connectivity index (χ2v) is 8.09. The maximum absolute atomic E-state index is 12.2. The Morgan fingerprint density at radius 2 is 2.00 bits per heavy atom. The van der Waals surface area contributed by atoms with Gasteiger partial charge in [0.15, 0.2) is 0 Å². The van der Waals surface area contributed by atoms with Crippen molar-refractivity contribution in [3.8, 4) is 0 Å². The van der Waals surface area contributed by atoms with Crippen LogP contribution in [0.25, 0.3) is 0 Å². The van der Waals surface area contributed by atoms with Gasteiger partial charge in [0.05, 0.1) is 5.60 Å². The van der Waals surface area contributed by atoms with Crippen LogP contribution >= 0.6 is 11.3 Å². The van der Waals surface area contributed by atoms with E-state index < -0.39 is 15.6 Å². The van der Waals surface area contributed by atoms with E-state index in [0.717, 1.165) is 11.3 Å². The lowest BCUT2D eigenvalue weighted by molar-refractivity contribution is 0.0640. The summed E-state index contributed by atoms with van der Waals surface area (Å²) in [5, 5.41) is 9.65. The van der Waals surface area contributed by atoms with Gasteiger partial charge in [-0.25, -0.2) is 8.42 Å². The molecule has 0 bridgehead atoms. The number of hydrogen-bond donors (Lipinski definition) is 1. The molecule has 4 nitrogen and oxygen atoms in total. The van der Waals surface area contributed by atoms with Crippen molar-refractivity contribution in [2.24, 2.45) is 0 Å². The molecule has 1 rings (SSSR count). The summed E-state index contributed by atoms with van der Waals surface area (Å²) in [5.41, 5.74) is -1.04. The van der Waals surface area contributed by atoms with Crippen molar-refractivity contribution in [2.45, 2.75) is 37.0 Å². The fourth-order valence-corrected chi connectivity index (χ4v) is 4.30. The van der Waals surface area contributed by atoms with Crippen LogP contribution in [0.5, 0.6) is 0 Å². The number of rotatable bonds is 5. The summed E-state index contributed by atoms with van der Waals surface area (Å²) in [5.74, 6) is 0. The second kappa shape index (κ2) is 5.06. The minimum Gasteiger partial charge on any atom is -0.389 e. The Labute approximate surface area is 107 Å². The molecular weight excluding hydrogens is 258 g/mol. The SMILES string of the molecule is CCc1ccc(S(=O)(=O)N(C)CC(C)(C)O)s1. The lowest BCUT2D eigenvalue weighted by Crippen LogP contribution is -2.39. The maximum atomic E-state index is 12.2. The fourth-order valence-electron chi connectivity index (χ4n) is 1.47. The molecule has 0 saturated carbocycles. The van der Waals surface area contributed by atoms with Crippen LogP contribution in [0.2, 0.25) is 0 Å². The molecule has 98 valence electrons. The van der Waals surface area contributed by atoms with E-state index in [-0.39, 0.29) is 6.54 Å². The third-order valence-electron chi connectivity index (χ3n) is 2.26. The predicted molar refractivity (Wildman–Crippen MR) is 69.8 cm³/mol. The number of likely N-dealkylation sites (N-methyl/N-ethyl adjacent to an activating group) is 1. The first-order valence-corrected chi connectivity index (χ1v) is 7.70. The summed E-state index contributed by atoms with van der Waals surface area (Å²) in [6.07, 6.45) is 0.829. The van der Waals surface area contributed by atoms with E-state index in [1.807, 2.05) is 13.0 Å². The molecule has 1 N–H and O–H groups in total. The van der Waals surface area contributed by atoms with Gasteiger partial charge in [-0.2, -0.15) is 4.31 Å². The monoisotopic (exact) mass is 277 g/mol. The van der Waals surface area contributed by atoms with Crippen LogP contribution in [-0.4, -0.2) is 37.0 Å². The molecule has 0 aliphatic rings.